The lowest BCUT2D eigenvalue weighted by Crippen LogP contribution is -2.41. The van der Waals surface area contributed by atoms with E-state index in [4.69, 9.17) is 4.42 Å². The number of hydrogen-bond acceptors (Lipinski definition) is 5. The van der Waals surface area contributed by atoms with Crippen LogP contribution in [-0.2, 0) is 31.5 Å². The fourth-order valence-electron chi connectivity index (χ4n) is 3.34. The third-order valence-corrected chi connectivity index (χ3v) is 5.38. The van der Waals surface area contributed by atoms with Crippen molar-refractivity contribution in [1.82, 2.24) is 19.8 Å². The summed E-state index contributed by atoms with van der Waals surface area (Å²) in [5.41, 5.74) is 1.98. The number of carbonyl (C=O) groups is 1. The summed E-state index contributed by atoms with van der Waals surface area (Å²) in [6.45, 7) is 2.63. The largest absolute Gasteiger partial charge is 0.468 e. The molecule has 1 atom stereocenters. The van der Waals surface area contributed by atoms with E-state index in [1.165, 1.54) is 0 Å². The van der Waals surface area contributed by atoms with Crippen LogP contribution in [-0.4, -0.2) is 26.9 Å². The second-order valence-corrected chi connectivity index (χ2v) is 7.32. The van der Waals surface area contributed by atoms with Crippen LogP contribution in [0, 0.1) is 0 Å². The highest BCUT2D eigenvalue weighted by atomic mass is 32.1. The van der Waals surface area contributed by atoms with Crippen LogP contribution in [0.25, 0.3) is 0 Å². The Morgan fingerprint density at radius 3 is 3.12 bits per heavy atom. The first-order valence-electron chi connectivity index (χ1n) is 8.25. The first-order valence-corrected chi connectivity index (χ1v) is 9.13. The molecule has 130 valence electrons. The van der Waals surface area contributed by atoms with Gasteiger partial charge < -0.3 is 14.3 Å². The molecule has 0 aliphatic carbocycles. The van der Waals surface area contributed by atoms with Gasteiger partial charge in [0.25, 0.3) is 0 Å². The van der Waals surface area contributed by atoms with E-state index in [1.807, 2.05) is 41.3 Å². The van der Waals surface area contributed by atoms with Crippen molar-refractivity contribution in [3.63, 3.8) is 0 Å². The van der Waals surface area contributed by atoms with E-state index in [2.05, 4.69) is 15.2 Å². The average Bonchev–Trinajstić information content (AvgIpc) is 3.35. The van der Waals surface area contributed by atoms with E-state index in [9.17, 15) is 4.79 Å². The summed E-state index contributed by atoms with van der Waals surface area (Å²) in [6, 6.07) is 7.87. The van der Waals surface area contributed by atoms with Crippen molar-refractivity contribution < 1.29 is 9.21 Å². The van der Waals surface area contributed by atoms with E-state index in [0.717, 1.165) is 28.6 Å². The molecule has 1 amide bonds. The molecule has 3 aromatic heterocycles. The number of nitrogens with zero attached hydrogens (tertiary/aromatic N) is 3. The minimum absolute atomic E-state index is 0.0439. The number of amides is 1. The van der Waals surface area contributed by atoms with E-state index in [-0.39, 0.29) is 11.8 Å². The topological polar surface area (TPSA) is 63.3 Å². The molecular formula is C18H20N4O2S. The molecule has 0 saturated heterocycles. The minimum Gasteiger partial charge on any atom is -0.468 e. The molecule has 7 heteroatoms. The molecule has 0 saturated carbocycles. The van der Waals surface area contributed by atoms with Crippen molar-refractivity contribution in [2.75, 3.05) is 6.54 Å². The van der Waals surface area contributed by atoms with Gasteiger partial charge in [-0.1, -0.05) is 6.07 Å². The normalized spacial score (nSPS) is 17.4. The summed E-state index contributed by atoms with van der Waals surface area (Å²) in [7, 11) is 1.95. The predicted octanol–water partition coefficient (Wildman–Crippen LogP) is 2.49. The molecular weight excluding hydrogens is 336 g/mol. The van der Waals surface area contributed by atoms with E-state index < -0.39 is 0 Å². The summed E-state index contributed by atoms with van der Waals surface area (Å²) in [5.74, 6) is 0.714. The van der Waals surface area contributed by atoms with Gasteiger partial charge in [-0.25, -0.2) is 4.98 Å². The smallest absolute Gasteiger partial charge is 0.230 e. The van der Waals surface area contributed by atoms with Crippen molar-refractivity contribution in [1.29, 1.82) is 0 Å². The lowest BCUT2D eigenvalue weighted by molar-refractivity contribution is -0.123. The van der Waals surface area contributed by atoms with Crippen molar-refractivity contribution >= 4 is 17.2 Å². The molecule has 0 unspecified atom stereocenters. The van der Waals surface area contributed by atoms with Gasteiger partial charge in [0.1, 0.15) is 5.76 Å². The summed E-state index contributed by atoms with van der Waals surface area (Å²) in [5, 5.41) is 5.09. The van der Waals surface area contributed by atoms with Gasteiger partial charge in [0.2, 0.25) is 5.91 Å². The Labute approximate surface area is 150 Å². The maximum absolute atomic E-state index is 12.9. The fraction of sp³-hybridized carbons (Fsp3) is 0.333. The van der Waals surface area contributed by atoms with Crippen LogP contribution in [0.3, 0.4) is 0 Å². The highest BCUT2D eigenvalue weighted by Gasteiger charge is 2.34. The Bertz CT molecular complexity index is 839. The number of nitrogens with one attached hydrogen (secondary N) is 1. The molecule has 0 aromatic carbocycles. The predicted molar refractivity (Wildman–Crippen MR) is 94.9 cm³/mol. The lowest BCUT2D eigenvalue weighted by Gasteiger charge is -2.31. The number of furan rings is 1. The summed E-state index contributed by atoms with van der Waals surface area (Å²) in [6.07, 6.45) is 3.47. The van der Waals surface area contributed by atoms with Crippen LogP contribution in [0.2, 0.25) is 0 Å². The minimum atomic E-state index is -0.230. The van der Waals surface area contributed by atoms with Gasteiger partial charge in [0, 0.05) is 25.0 Å². The van der Waals surface area contributed by atoms with Crippen LogP contribution in [0.1, 0.15) is 27.9 Å². The van der Waals surface area contributed by atoms with E-state index >= 15 is 0 Å². The Hall–Kier alpha value is -2.38. The zero-order chi connectivity index (χ0) is 17.2. The van der Waals surface area contributed by atoms with Gasteiger partial charge in [-0.2, -0.15) is 0 Å². The van der Waals surface area contributed by atoms with Crippen LogP contribution in [0.5, 0.6) is 0 Å². The molecule has 0 spiro atoms. The summed E-state index contributed by atoms with van der Waals surface area (Å²) >= 11 is 1.65. The second kappa shape index (κ2) is 6.85. The third kappa shape index (κ3) is 3.38. The quantitative estimate of drug-likeness (QED) is 0.763. The van der Waals surface area contributed by atoms with Crippen molar-refractivity contribution in [3.8, 4) is 0 Å². The molecule has 1 aliphatic rings. The highest BCUT2D eigenvalue weighted by Crippen LogP contribution is 2.28. The van der Waals surface area contributed by atoms with Gasteiger partial charge in [-0.05, 0) is 23.6 Å². The molecule has 1 N–H and O–H groups in total. The molecule has 25 heavy (non-hydrogen) atoms. The van der Waals surface area contributed by atoms with E-state index in [1.54, 1.807) is 23.9 Å². The highest BCUT2D eigenvalue weighted by molar-refractivity contribution is 7.09. The summed E-state index contributed by atoms with van der Waals surface area (Å²) in [4.78, 5) is 20.7. The van der Waals surface area contributed by atoms with Crippen LogP contribution < -0.4 is 5.32 Å². The molecule has 3 aromatic rings. The number of aryl methyl sites for hydroxylation is 1. The van der Waals surface area contributed by atoms with Crippen molar-refractivity contribution in [2.24, 2.45) is 7.05 Å². The fourth-order valence-corrected chi connectivity index (χ4v) is 3.98. The molecule has 1 aliphatic heterocycles. The number of hydrogen-bond donors (Lipinski definition) is 1. The Balaban J connectivity index is 1.51. The monoisotopic (exact) mass is 356 g/mol. The average molecular weight is 356 g/mol. The Morgan fingerprint density at radius 2 is 2.36 bits per heavy atom. The van der Waals surface area contributed by atoms with Gasteiger partial charge in [0.05, 0.1) is 43.0 Å². The molecule has 0 bridgehead atoms. The maximum atomic E-state index is 12.9. The zero-order valence-corrected chi connectivity index (χ0v) is 14.8. The molecule has 4 rings (SSSR count). The zero-order valence-electron chi connectivity index (χ0n) is 14.0. The molecule has 0 radical (unpaired) electrons. The van der Waals surface area contributed by atoms with Gasteiger partial charge >= 0.3 is 0 Å². The standard InChI is InChI=1S/C18H20N4O2S/c1-21-12-20-16-11-22(9-13-4-2-6-24-13)10-15(17(16)21)18(23)19-8-14-5-3-7-25-14/h2-7,12,15H,8-11H2,1H3,(H,19,23)/t15-/m1/s1. The molecule has 4 heterocycles. The number of fused-ring (bicyclic) bond motifs is 1. The molecule has 6 nitrogen and oxygen atoms in total. The van der Waals surface area contributed by atoms with Crippen LogP contribution in [0.15, 0.2) is 46.7 Å². The first-order chi connectivity index (χ1) is 12.2. The van der Waals surface area contributed by atoms with Crippen LogP contribution >= 0.6 is 11.3 Å². The third-order valence-electron chi connectivity index (χ3n) is 4.50. The number of thiophene rings is 1. The van der Waals surface area contributed by atoms with Gasteiger partial charge in [0.15, 0.2) is 0 Å². The Morgan fingerprint density at radius 1 is 1.44 bits per heavy atom. The van der Waals surface area contributed by atoms with Crippen molar-refractivity contribution in [3.05, 3.63) is 64.3 Å². The van der Waals surface area contributed by atoms with Gasteiger partial charge in [-0.15, -0.1) is 11.3 Å². The number of aromatic nitrogens is 2. The number of carbonyl (C=O) groups excluding carboxylic acids is 1. The Kier molecular flexibility index (Phi) is 4.42. The van der Waals surface area contributed by atoms with Crippen molar-refractivity contribution in [2.45, 2.75) is 25.6 Å². The maximum Gasteiger partial charge on any atom is 0.230 e. The van der Waals surface area contributed by atoms with E-state index in [0.29, 0.717) is 19.6 Å². The summed E-state index contributed by atoms with van der Waals surface area (Å²) < 4.78 is 7.42. The second-order valence-electron chi connectivity index (χ2n) is 6.29. The molecule has 0 fully saturated rings. The number of imidazole rings is 1. The number of rotatable bonds is 5. The first kappa shape index (κ1) is 16.1. The lowest BCUT2D eigenvalue weighted by atomic mass is 9.97. The SMILES string of the molecule is Cn1cnc2c1[C@H](C(=O)NCc1cccs1)CN(Cc1ccco1)C2. The van der Waals surface area contributed by atoms with Crippen LogP contribution in [0.4, 0.5) is 0 Å². The van der Waals surface area contributed by atoms with Gasteiger partial charge in [-0.3, -0.25) is 9.69 Å².